The first-order valence-electron chi connectivity index (χ1n) is 9.82. The number of hydrogen-bond acceptors (Lipinski definition) is 3. The molecule has 0 spiro atoms. The smallest absolute Gasteiger partial charge is 0.119 e. The van der Waals surface area contributed by atoms with Crippen LogP contribution in [0.25, 0.3) is 0 Å². The predicted molar refractivity (Wildman–Crippen MR) is 113 cm³/mol. The number of hydrogen-bond donors (Lipinski definition) is 0. The molecule has 1 atom stereocenters. The minimum absolute atomic E-state index is 0.467. The number of fused-ring (bicyclic) bond motifs is 1. The van der Waals surface area contributed by atoms with E-state index in [1.54, 1.807) is 14.2 Å². The van der Waals surface area contributed by atoms with Crippen molar-refractivity contribution in [2.24, 2.45) is 0 Å². The maximum atomic E-state index is 5.45. The van der Waals surface area contributed by atoms with Crippen molar-refractivity contribution in [3.63, 3.8) is 0 Å². The van der Waals surface area contributed by atoms with Gasteiger partial charge in [0.25, 0.3) is 0 Å². The van der Waals surface area contributed by atoms with Crippen LogP contribution in [0.5, 0.6) is 11.5 Å². The molecule has 0 fully saturated rings. The summed E-state index contributed by atoms with van der Waals surface area (Å²) in [6.07, 6.45) is 2.08. The molecule has 144 valence electrons. The first-order valence-corrected chi connectivity index (χ1v) is 9.82. The summed E-state index contributed by atoms with van der Waals surface area (Å²) < 4.78 is 10.8. The van der Waals surface area contributed by atoms with Gasteiger partial charge in [0.05, 0.1) is 14.2 Å². The summed E-state index contributed by atoms with van der Waals surface area (Å²) in [5, 5.41) is 0. The third-order valence-corrected chi connectivity index (χ3v) is 5.62. The fourth-order valence-electron chi connectivity index (χ4n) is 4.04. The van der Waals surface area contributed by atoms with Gasteiger partial charge >= 0.3 is 0 Å². The molecule has 0 aromatic heterocycles. The highest BCUT2D eigenvalue weighted by Crippen LogP contribution is 2.30. The monoisotopic (exact) mass is 373 g/mol. The van der Waals surface area contributed by atoms with Gasteiger partial charge in [-0.15, -0.1) is 0 Å². The van der Waals surface area contributed by atoms with Crippen LogP contribution < -0.4 is 9.47 Å². The van der Waals surface area contributed by atoms with Gasteiger partial charge in [-0.25, -0.2) is 0 Å². The van der Waals surface area contributed by atoms with E-state index >= 15 is 0 Å². The molecule has 4 rings (SSSR count). The van der Waals surface area contributed by atoms with Gasteiger partial charge in [0.15, 0.2) is 0 Å². The van der Waals surface area contributed by atoms with E-state index in [9.17, 15) is 0 Å². The van der Waals surface area contributed by atoms with Crippen molar-refractivity contribution in [3.05, 3.63) is 95.1 Å². The minimum atomic E-state index is 0.467. The van der Waals surface area contributed by atoms with E-state index in [2.05, 4.69) is 77.7 Å². The molecule has 1 unspecified atom stereocenters. The Morgan fingerprint density at radius 2 is 1.50 bits per heavy atom. The van der Waals surface area contributed by atoms with Gasteiger partial charge < -0.3 is 9.47 Å². The molecule has 0 radical (unpaired) electrons. The van der Waals surface area contributed by atoms with Gasteiger partial charge in [-0.05, 0) is 59.4 Å². The van der Waals surface area contributed by atoms with Crippen LogP contribution in [0.2, 0.25) is 0 Å². The molecule has 1 aliphatic rings. The minimum Gasteiger partial charge on any atom is -0.497 e. The molecular formula is C25H27NO2. The molecule has 1 aliphatic heterocycles. The number of methoxy groups -OCH3 is 2. The topological polar surface area (TPSA) is 21.7 Å². The average molecular weight is 373 g/mol. The largest absolute Gasteiger partial charge is 0.497 e. The van der Waals surface area contributed by atoms with E-state index in [1.807, 2.05) is 0 Å². The summed E-state index contributed by atoms with van der Waals surface area (Å²) in [6.45, 7) is 1.90. The lowest BCUT2D eigenvalue weighted by Gasteiger charge is -2.37. The van der Waals surface area contributed by atoms with E-state index < -0.39 is 0 Å². The Kier molecular flexibility index (Phi) is 5.63. The zero-order valence-corrected chi connectivity index (χ0v) is 16.6. The molecule has 1 heterocycles. The van der Waals surface area contributed by atoms with E-state index in [-0.39, 0.29) is 0 Å². The molecule has 0 saturated carbocycles. The molecule has 0 aliphatic carbocycles. The van der Waals surface area contributed by atoms with Crippen LogP contribution in [0.1, 0.15) is 22.3 Å². The number of rotatable bonds is 6. The van der Waals surface area contributed by atoms with E-state index in [1.165, 1.54) is 22.3 Å². The molecule has 0 bridgehead atoms. The fourth-order valence-corrected chi connectivity index (χ4v) is 4.04. The van der Waals surface area contributed by atoms with Gasteiger partial charge in [0.1, 0.15) is 11.5 Å². The zero-order chi connectivity index (χ0) is 19.3. The number of ether oxygens (including phenoxy) is 2. The van der Waals surface area contributed by atoms with E-state index in [0.717, 1.165) is 37.4 Å². The van der Waals surface area contributed by atoms with Crippen molar-refractivity contribution in [1.82, 2.24) is 4.90 Å². The highest BCUT2D eigenvalue weighted by molar-refractivity contribution is 5.38. The maximum Gasteiger partial charge on any atom is 0.119 e. The van der Waals surface area contributed by atoms with Gasteiger partial charge in [-0.2, -0.15) is 0 Å². The molecule has 28 heavy (non-hydrogen) atoms. The Morgan fingerprint density at radius 3 is 2.21 bits per heavy atom. The lowest BCUT2D eigenvalue weighted by Crippen LogP contribution is -2.41. The van der Waals surface area contributed by atoms with Gasteiger partial charge in [0.2, 0.25) is 0 Å². The Morgan fingerprint density at radius 1 is 0.786 bits per heavy atom. The van der Waals surface area contributed by atoms with Gasteiger partial charge in [0, 0.05) is 19.1 Å². The number of benzene rings is 3. The SMILES string of the molecule is COc1ccc(CC2Cc3ccc(OC)cc3CN2Cc2ccccc2)cc1. The van der Waals surface area contributed by atoms with E-state index in [4.69, 9.17) is 9.47 Å². The quantitative estimate of drug-likeness (QED) is 0.615. The number of nitrogens with zero attached hydrogens (tertiary/aromatic N) is 1. The summed E-state index contributed by atoms with van der Waals surface area (Å²) in [6, 6.07) is 26.2. The van der Waals surface area contributed by atoms with Crippen LogP contribution in [-0.4, -0.2) is 25.2 Å². The van der Waals surface area contributed by atoms with E-state index in [0.29, 0.717) is 6.04 Å². The Labute approximate surface area is 167 Å². The third-order valence-electron chi connectivity index (χ3n) is 5.62. The van der Waals surface area contributed by atoms with Crippen LogP contribution in [-0.2, 0) is 25.9 Å². The predicted octanol–water partition coefficient (Wildman–Crippen LogP) is 4.87. The van der Waals surface area contributed by atoms with Crippen molar-refractivity contribution in [2.75, 3.05) is 14.2 Å². The van der Waals surface area contributed by atoms with Gasteiger partial charge in [-0.1, -0.05) is 48.5 Å². The summed E-state index contributed by atoms with van der Waals surface area (Å²) in [7, 11) is 3.45. The van der Waals surface area contributed by atoms with Crippen LogP contribution in [0.4, 0.5) is 0 Å². The first-order chi connectivity index (χ1) is 13.7. The Balaban J connectivity index is 1.59. The van der Waals surface area contributed by atoms with Crippen LogP contribution in [0.3, 0.4) is 0 Å². The fraction of sp³-hybridized carbons (Fsp3) is 0.280. The lowest BCUT2D eigenvalue weighted by molar-refractivity contribution is 0.161. The summed E-state index contributed by atoms with van der Waals surface area (Å²) in [4.78, 5) is 2.60. The lowest BCUT2D eigenvalue weighted by atomic mass is 9.89. The highest BCUT2D eigenvalue weighted by atomic mass is 16.5. The second-order valence-electron chi connectivity index (χ2n) is 7.44. The molecular weight excluding hydrogens is 346 g/mol. The van der Waals surface area contributed by atoms with Crippen LogP contribution in [0.15, 0.2) is 72.8 Å². The summed E-state index contributed by atoms with van der Waals surface area (Å²) in [5.74, 6) is 1.85. The first kappa shape index (κ1) is 18.6. The van der Waals surface area contributed by atoms with Crippen molar-refractivity contribution in [2.45, 2.75) is 32.0 Å². The molecule has 3 heteroatoms. The van der Waals surface area contributed by atoms with Crippen molar-refractivity contribution < 1.29 is 9.47 Å². The summed E-state index contributed by atoms with van der Waals surface area (Å²) in [5.41, 5.74) is 5.51. The van der Waals surface area contributed by atoms with Crippen LogP contribution in [0, 0.1) is 0 Å². The average Bonchev–Trinajstić information content (AvgIpc) is 2.75. The second-order valence-corrected chi connectivity index (χ2v) is 7.44. The molecule has 0 saturated heterocycles. The third kappa shape index (κ3) is 4.20. The maximum absolute atomic E-state index is 5.45. The molecule has 3 nitrogen and oxygen atoms in total. The molecule has 0 amide bonds. The van der Waals surface area contributed by atoms with Crippen molar-refractivity contribution >= 4 is 0 Å². The molecule has 3 aromatic carbocycles. The standard InChI is InChI=1S/C25H27NO2/c1-27-24-11-8-19(9-12-24)14-23-15-21-10-13-25(28-2)16-22(21)18-26(23)17-20-6-4-3-5-7-20/h3-13,16,23H,14-15,17-18H2,1-2H3. The molecule has 0 N–H and O–H groups in total. The Hall–Kier alpha value is -2.78. The van der Waals surface area contributed by atoms with Gasteiger partial charge in [-0.3, -0.25) is 4.90 Å². The zero-order valence-electron chi connectivity index (χ0n) is 16.6. The van der Waals surface area contributed by atoms with Crippen LogP contribution >= 0.6 is 0 Å². The molecule has 3 aromatic rings. The second kappa shape index (κ2) is 8.49. The summed E-state index contributed by atoms with van der Waals surface area (Å²) >= 11 is 0. The Bertz CT molecular complexity index is 906. The highest BCUT2D eigenvalue weighted by Gasteiger charge is 2.26. The van der Waals surface area contributed by atoms with Crippen molar-refractivity contribution in [1.29, 1.82) is 0 Å². The normalized spacial score (nSPS) is 16.4. The van der Waals surface area contributed by atoms with Crippen molar-refractivity contribution in [3.8, 4) is 11.5 Å².